The van der Waals surface area contributed by atoms with Crippen LogP contribution in [0.2, 0.25) is 0 Å². The number of aromatic amines is 1. The van der Waals surface area contributed by atoms with E-state index >= 15 is 0 Å². The van der Waals surface area contributed by atoms with Gasteiger partial charge in [-0.25, -0.2) is 0 Å². The van der Waals surface area contributed by atoms with Crippen molar-refractivity contribution in [3.05, 3.63) is 30.0 Å². The summed E-state index contributed by atoms with van der Waals surface area (Å²) < 4.78 is 43.7. The number of nitrogens with zero attached hydrogens (tertiary/aromatic N) is 1. The van der Waals surface area contributed by atoms with E-state index in [1.807, 2.05) is 0 Å². The van der Waals surface area contributed by atoms with Crippen LogP contribution in [0.5, 0.6) is 5.75 Å². The maximum absolute atomic E-state index is 13.0. The number of halogens is 3. The fourth-order valence-corrected chi connectivity index (χ4v) is 1.63. The highest BCUT2D eigenvalue weighted by atomic mass is 19.4. The van der Waals surface area contributed by atoms with Gasteiger partial charge in [0.15, 0.2) is 0 Å². The molecule has 3 N–H and O–H groups in total. The summed E-state index contributed by atoms with van der Waals surface area (Å²) in [5.41, 5.74) is 4.91. The van der Waals surface area contributed by atoms with Crippen LogP contribution < -0.4 is 10.5 Å². The first-order chi connectivity index (χ1) is 8.43. The van der Waals surface area contributed by atoms with E-state index in [4.69, 9.17) is 10.5 Å². The van der Waals surface area contributed by atoms with Gasteiger partial charge in [0.2, 0.25) is 0 Å². The molecular formula is C11H10F3N3O. The highest BCUT2D eigenvalue weighted by Crippen LogP contribution is 2.40. The molecule has 0 atom stereocenters. The second kappa shape index (κ2) is 4.25. The van der Waals surface area contributed by atoms with Crippen LogP contribution in [0.1, 0.15) is 5.56 Å². The first-order valence-electron chi connectivity index (χ1n) is 4.98. The van der Waals surface area contributed by atoms with Crippen molar-refractivity contribution in [3.63, 3.8) is 0 Å². The maximum Gasteiger partial charge on any atom is 0.417 e. The number of methoxy groups -OCH3 is 1. The minimum atomic E-state index is -4.49. The topological polar surface area (TPSA) is 63.9 Å². The van der Waals surface area contributed by atoms with E-state index in [0.717, 1.165) is 6.07 Å². The molecule has 0 aliphatic rings. The van der Waals surface area contributed by atoms with Crippen molar-refractivity contribution in [2.24, 2.45) is 0 Å². The Labute approximate surface area is 101 Å². The first-order valence-corrected chi connectivity index (χ1v) is 4.98. The van der Waals surface area contributed by atoms with E-state index in [1.165, 1.54) is 25.4 Å². The number of nitrogens with two attached hydrogens (primary N) is 1. The van der Waals surface area contributed by atoms with Gasteiger partial charge in [-0.1, -0.05) is 0 Å². The van der Waals surface area contributed by atoms with Crippen LogP contribution in [0.25, 0.3) is 11.1 Å². The average Bonchev–Trinajstić information content (AvgIpc) is 2.73. The molecule has 0 amide bonds. The van der Waals surface area contributed by atoms with Crippen LogP contribution in [-0.4, -0.2) is 17.3 Å². The summed E-state index contributed by atoms with van der Waals surface area (Å²) in [7, 11) is 1.31. The second-order valence-corrected chi connectivity index (χ2v) is 3.61. The summed E-state index contributed by atoms with van der Waals surface area (Å²) in [6.07, 6.45) is -3.24. The predicted octanol–water partition coefficient (Wildman–Crippen LogP) is 2.69. The summed E-state index contributed by atoms with van der Waals surface area (Å²) in [5, 5.41) is 6.02. The Morgan fingerprint density at radius 3 is 2.50 bits per heavy atom. The molecular weight excluding hydrogens is 247 g/mol. The lowest BCUT2D eigenvalue weighted by Gasteiger charge is -2.13. The molecule has 2 rings (SSSR count). The van der Waals surface area contributed by atoms with Gasteiger partial charge in [-0.05, 0) is 23.8 Å². The number of aromatic nitrogens is 2. The van der Waals surface area contributed by atoms with Crippen molar-refractivity contribution >= 4 is 5.82 Å². The SMILES string of the molecule is COc1ccc(-c2cn[nH]c2N)c(C(F)(F)F)c1. The van der Waals surface area contributed by atoms with Gasteiger partial charge in [0, 0.05) is 5.56 Å². The van der Waals surface area contributed by atoms with Gasteiger partial charge in [0.1, 0.15) is 11.6 Å². The lowest BCUT2D eigenvalue weighted by Crippen LogP contribution is -2.08. The molecule has 7 heteroatoms. The van der Waals surface area contributed by atoms with Crippen LogP contribution >= 0.6 is 0 Å². The molecule has 0 spiro atoms. The van der Waals surface area contributed by atoms with E-state index in [9.17, 15) is 13.2 Å². The van der Waals surface area contributed by atoms with Crippen molar-refractivity contribution in [3.8, 4) is 16.9 Å². The van der Waals surface area contributed by atoms with E-state index in [1.54, 1.807) is 0 Å². The number of rotatable bonds is 2. The predicted molar refractivity (Wildman–Crippen MR) is 60.0 cm³/mol. The largest absolute Gasteiger partial charge is 0.497 e. The molecule has 1 aromatic heterocycles. The smallest absolute Gasteiger partial charge is 0.417 e. The second-order valence-electron chi connectivity index (χ2n) is 3.61. The fourth-order valence-electron chi connectivity index (χ4n) is 1.63. The molecule has 18 heavy (non-hydrogen) atoms. The summed E-state index contributed by atoms with van der Waals surface area (Å²) >= 11 is 0. The Balaban J connectivity index is 2.64. The lowest BCUT2D eigenvalue weighted by molar-refractivity contribution is -0.137. The Kier molecular flexibility index (Phi) is 2.90. The van der Waals surface area contributed by atoms with Crippen molar-refractivity contribution in [1.29, 1.82) is 0 Å². The highest BCUT2D eigenvalue weighted by Gasteiger charge is 2.34. The maximum atomic E-state index is 13.0. The zero-order valence-electron chi connectivity index (χ0n) is 9.38. The summed E-state index contributed by atoms with van der Waals surface area (Å²) in [6.45, 7) is 0. The molecule has 0 bridgehead atoms. The molecule has 0 saturated carbocycles. The quantitative estimate of drug-likeness (QED) is 0.869. The van der Waals surface area contributed by atoms with E-state index in [-0.39, 0.29) is 22.7 Å². The van der Waals surface area contributed by atoms with Gasteiger partial charge in [-0.15, -0.1) is 0 Å². The number of benzene rings is 1. The van der Waals surface area contributed by atoms with Gasteiger partial charge >= 0.3 is 6.18 Å². The Hall–Kier alpha value is -2.18. The van der Waals surface area contributed by atoms with Gasteiger partial charge in [0.05, 0.1) is 18.9 Å². The van der Waals surface area contributed by atoms with Crippen LogP contribution in [0.3, 0.4) is 0 Å². The molecule has 1 aromatic carbocycles. The Morgan fingerprint density at radius 2 is 2.00 bits per heavy atom. The molecule has 0 saturated heterocycles. The standard InChI is InChI=1S/C11H10F3N3O/c1-18-6-2-3-7(8-5-16-17-10(8)15)9(4-6)11(12,13)14/h2-5H,1H3,(H3,15,16,17). The number of nitrogen functional groups attached to an aromatic ring is 1. The van der Waals surface area contributed by atoms with Gasteiger partial charge in [-0.2, -0.15) is 18.3 Å². The number of anilines is 1. The fraction of sp³-hybridized carbons (Fsp3) is 0.182. The van der Waals surface area contributed by atoms with Crippen molar-refractivity contribution in [1.82, 2.24) is 10.2 Å². The molecule has 2 aromatic rings. The molecule has 0 aliphatic carbocycles. The third kappa shape index (κ3) is 2.11. The number of nitrogens with one attached hydrogen (secondary N) is 1. The normalized spacial score (nSPS) is 11.6. The van der Waals surface area contributed by atoms with Crippen LogP contribution in [0.15, 0.2) is 24.4 Å². The number of H-pyrrole nitrogens is 1. The summed E-state index contributed by atoms with van der Waals surface area (Å²) in [4.78, 5) is 0. The zero-order chi connectivity index (χ0) is 13.3. The van der Waals surface area contributed by atoms with Crippen LogP contribution in [-0.2, 0) is 6.18 Å². The third-order valence-electron chi connectivity index (χ3n) is 2.49. The minimum absolute atomic E-state index is 0.0328. The molecule has 0 fully saturated rings. The van der Waals surface area contributed by atoms with E-state index < -0.39 is 11.7 Å². The lowest BCUT2D eigenvalue weighted by atomic mass is 10.0. The molecule has 0 unspecified atom stereocenters. The number of ether oxygens (including phenoxy) is 1. The third-order valence-corrected chi connectivity index (χ3v) is 2.49. The molecule has 96 valence electrons. The summed E-state index contributed by atoms with van der Waals surface area (Å²) in [6, 6.07) is 3.68. The molecule has 4 nitrogen and oxygen atoms in total. The number of hydrogen-bond donors (Lipinski definition) is 2. The zero-order valence-corrected chi connectivity index (χ0v) is 9.38. The van der Waals surface area contributed by atoms with Gasteiger partial charge in [0.25, 0.3) is 0 Å². The molecule has 1 heterocycles. The van der Waals surface area contributed by atoms with E-state index in [2.05, 4.69) is 10.2 Å². The van der Waals surface area contributed by atoms with Gasteiger partial charge in [-0.3, -0.25) is 5.10 Å². The monoisotopic (exact) mass is 257 g/mol. The Bertz CT molecular complexity index is 563. The van der Waals surface area contributed by atoms with Crippen molar-refractivity contribution in [2.75, 3.05) is 12.8 Å². The van der Waals surface area contributed by atoms with Crippen LogP contribution in [0, 0.1) is 0 Å². The van der Waals surface area contributed by atoms with Crippen molar-refractivity contribution in [2.45, 2.75) is 6.18 Å². The number of hydrogen-bond acceptors (Lipinski definition) is 3. The summed E-state index contributed by atoms with van der Waals surface area (Å²) in [5.74, 6) is 0.221. The first kappa shape index (κ1) is 12.3. The minimum Gasteiger partial charge on any atom is -0.497 e. The van der Waals surface area contributed by atoms with Gasteiger partial charge < -0.3 is 10.5 Å². The highest BCUT2D eigenvalue weighted by molar-refractivity contribution is 5.76. The average molecular weight is 257 g/mol. The number of alkyl halides is 3. The van der Waals surface area contributed by atoms with Crippen LogP contribution in [0.4, 0.5) is 19.0 Å². The molecule has 0 aliphatic heterocycles. The van der Waals surface area contributed by atoms with E-state index in [0.29, 0.717) is 0 Å². The van der Waals surface area contributed by atoms with Crippen molar-refractivity contribution < 1.29 is 17.9 Å². The Morgan fingerprint density at radius 1 is 1.28 bits per heavy atom. The molecule has 0 radical (unpaired) electrons.